The smallest absolute Gasteiger partial charge is 0.271 e. The van der Waals surface area contributed by atoms with Crippen molar-refractivity contribution in [3.05, 3.63) is 63.0 Å². The SMILES string of the molecule is COCCn1nc(C(=O)NCc2cccc(Cl)c2)ccc1=O. The van der Waals surface area contributed by atoms with Gasteiger partial charge in [-0.15, -0.1) is 0 Å². The molecule has 0 atom stereocenters. The van der Waals surface area contributed by atoms with Gasteiger partial charge < -0.3 is 10.1 Å². The van der Waals surface area contributed by atoms with E-state index in [9.17, 15) is 9.59 Å². The third-order valence-electron chi connectivity index (χ3n) is 2.95. The highest BCUT2D eigenvalue weighted by molar-refractivity contribution is 6.30. The molecule has 0 bridgehead atoms. The molecule has 1 aromatic heterocycles. The molecule has 2 rings (SSSR count). The maximum Gasteiger partial charge on any atom is 0.271 e. The van der Waals surface area contributed by atoms with E-state index in [4.69, 9.17) is 16.3 Å². The van der Waals surface area contributed by atoms with E-state index in [1.54, 1.807) is 12.1 Å². The molecule has 2 aromatic rings. The third-order valence-corrected chi connectivity index (χ3v) is 3.18. The van der Waals surface area contributed by atoms with Gasteiger partial charge in [0.05, 0.1) is 13.2 Å². The van der Waals surface area contributed by atoms with Crippen LogP contribution >= 0.6 is 11.6 Å². The van der Waals surface area contributed by atoms with Gasteiger partial charge >= 0.3 is 0 Å². The molecule has 0 spiro atoms. The molecular weight excluding hydrogens is 306 g/mol. The van der Waals surface area contributed by atoms with Crippen LogP contribution in [-0.2, 0) is 17.8 Å². The van der Waals surface area contributed by atoms with E-state index in [0.29, 0.717) is 24.7 Å². The first-order valence-electron chi connectivity index (χ1n) is 6.70. The van der Waals surface area contributed by atoms with Crippen molar-refractivity contribution in [3.63, 3.8) is 0 Å². The van der Waals surface area contributed by atoms with E-state index in [0.717, 1.165) is 5.56 Å². The fraction of sp³-hybridized carbons (Fsp3) is 0.267. The minimum Gasteiger partial charge on any atom is -0.383 e. The maximum absolute atomic E-state index is 12.1. The van der Waals surface area contributed by atoms with Crippen LogP contribution in [0.15, 0.2) is 41.2 Å². The van der Waals surface area contributed by atoms with Gasteiger partial charge in [-0.25, -0.2) is 4.68 Å². The minimum absolute atomic E-state index is 0.178. The Bertz CT molecular complexity index is 715. The molecule has 0 saturated carbocycles. The van der Waals surface area contributed by atoms with E-state index in [1.807, 2.05) is 12.1 Å². The Balaban J connectivity index is 2.04. The molecule has 22 heavy (non-hydrogen) atoms. The van der Waals surface area contributed by atoms with Crippen molar-refractivity contribution in [2.24, 2.45) is 0 Å². The summed E-state index contributed by atoms with van der Waals surface area (Å²) < 4.78 is 6.11. The Labute approximate surface area is 132 Å². The number of rotatable bonds is 6. The van der Waals surface area contributed by atoms with E-state index in [1.165, 1.54) is 23.9 Å². The van der Waals surface area contributed by atoms with Gasteiger partial charge in [0, 0.05) is 24.7 Å². The van der Waals surface area contributed by atoms with Gasteiger partial charge in [0.25, 0.3) is 11.5 Å². The summed E-state index contributed by atoms with van der Waals surface area (Å²) in [5, 5.41) is 7.37. The number of hydrogen-bond donors (Lipinski definition) is 1. The van der Waals surface area contributed by atoms with Gasteiger partial charge in [-0.3, -0.25) is 9.59 Å². The first-order chi connectivity index (χ1) is 10.6. The normalized spacial score (nSPS) is 10.5. The van der Waals surface area contributed by atoms with Crippen molar-refractivity contribution < 1.29 is 9.53 Å². The molecule has 116 valence electrons. The second kappa shape index (κ2) is 7.72. The molecule has 0 radical (unpaired) electrons. The van der Waals surface area contributed by atoms with E-state index in [2.05, 4.69) is 10.4 Å². The van der Waals surface area contributed by atoms with E-state index < -0.39 is 0 Å². The molecule has 1 aromatic carbocycles. The summed E-state index contributed by atoms with van der Waals surface area (Å²) in [7, 11) is 1.53. The lowest BCUT2D eigenvalue weighted by Crippen LogP contribution is -2.30. The van der Waals surface area contributed by atoms with Crippen molar-refractivity contribution in [1.29, 1.82) is 0 Å². The first kappa shape index (κ1) is 16.2. The monoisotopic (exact) mass is 321 g/mol. The summed E-state index contributed by atoms with van der Waals surface area (Å²) in [6.07, 6.45) is 0. The first-order valence-corrected chi connectivity index (χ1v) is 7.07. The molecule has 1 amide bonds. The summed E-state index contributed by atoms with van der Waals surface area (Å²) >= 11 is 5.89. The molecule has 0 unspecified atom stereocenters. The Morgan fingerprint density at radius 2 is 2.18 bits per heavy atom. The summed E-state index contributed by atoms with van der Waals surface area (Å²) in [4.78, 5) is 23.7. The molecule has 0 saturated heterocycles. The number of carbonyl (C=O) groups is 1. The summed E-state index contributed by atoms with van der Waals surface area (Å²) in [5.41, 5.74) is 0.787. The topological polar surface area (TPSA) is 73.2 Å². The van der Waals surface area contributed by atoms with Gasteiger partial charge in [-0.05, 0) is 23.8 Å². The zero-order valence-corrected chi connectivity index (χ0v) is 12.8. The lowest BCUT2D eigenvalue weighted by atomic mass is 10.2. The fourth-order valence-corrected chi connectivity index (χ4v) is 2.04. The Morgan fingerprint density at radius 1 is 1.36 bits per heavy atom. The standard InChI is InChI=1S/C15H16ClN3O3/c1-22-8-7-19-14(20)6-5-13(18-19)15(21)17-10-11-3-2-4-12(16)9-11/h2-6,9H,7-8,10H2,1H3,(H,17,21). The van der Waals surface area contributed by atoms with Crippen LogP contribution in [0.4, 0.5) is 0 Å². The molecule has 0 aliphatic heterocycles. The van der Waals surface area contributed by atoms with E-state index in [-0.39, 0.29) is 17.2 Å². The van der Waals surface area contributed by atoms with Gasteiger partial charge in [-0.1, -0.05) is 23.7 Å². The molecule has 0 aliphatic rings. The van der Waals surface area contributed by atoms with Crippen molar-refractivity contribution in [2.45, 2.75) is 13.1 Å². The fourth-order valence-electron chi connectivity index (χ4n) is 1.83. The predicted octanol–water partition coefficient (Wildman–Crippen LogP) is 1.47. The number of methoxy groups -OCH3 is 1. The number of nitrogens with one attached hydrogen (secondary N) is 1. The van der Waals surface area contributed by atoms with Crippen molar-refractivity contribution >= 4 is 17.5 Å². The van der Waals surface area contributed by atoms with Crippen molar-refractivity contribution in [3.8, 4) is 0 Å². The number of amides is 1. The molecule has 1 heterocycles. The van der Waals surface area contributed by atoms with Gasteiger partial charge in [0.15, 0.2) is 0 Å². The Kier molecular flexibility index (Phi) is 5.68. The zero-order chi connectivity index (χ0) is 15.9. The second-order valence-corrected chi connectivity index (χ2v) is 5.02. The highest BCUT2D eigenvalue weighted by Gasteiger charge is 2.09. The molecule has 7 heteroatoms. The summed E-state index contributed by atoms with van der Waals surface area (Å²) in [6.45, 7) is 0.976. The molecule has 1 N–H and O–H groups in total. The molecule has 0 fully saturated rings. The van der Waals surface area contributed by atoms with Crippen LogP contribution in [0.1, 0.15) is 16.1 Å². The highest BCUT2D eigenvalue weighted by atomic mass is 35.5. The van der Waals surface area contributed by atoms with Crippen LogP contribution in [0.3, 0.4) is 0 Å². The average molecular weight is 322 g/mol. The Morgan fingerprint density at radius 3 is 2.91 bits per heavy atom. The van der Waals surface area contributed by atoms with Crippen LogP contribution in [0, 0.1) is 0 Å². The Hall–Kier alpha value is -2.18. The number of benzene rings is 1. The third kappa shape index (κ3) is 4.41. The number of carbonyl (C=O) groups excluding carboxylic acids is 1. The van der Waals surface area contributed by atoms with Crippen LogP contribution in [0.5, 0.6) is 0 Å². The largest absolute Gasteiger partial charge is 0.383 e. The molecular formula is C15H16ClN3O3. The highest BCUT2D eigenvalue weighted by Crippen LogP contribution is 2.10. The predicted molar refractivity (Wildman–Crippen MR) is 83.0 cm³/mol. The van der Waals surface area contributed by atoms with Gasteiger partial charge in [0.1, 0.15) is 5.69 Å². The van der Waals surface area contributed by atoms with Gasteiger partial charge in [-0.2, -0.15) is 5.10 Å². The number of aromatic nitrogens is 2. The molecule has 6 nitrogen and oxygen atoms in total. The lowest BCUT2D eigenvalue weighted by molar-refractivity contribution is 0.0942. The zero-order valence-electron chi connectivity index (χ0n) is 12.1. The average Bonchev–Trinajstić information content (AvgIpc) is 2.52. The quantitative estimate of drug-likeness (QED) is 0.874. The lowest BCUT2D eigenvalue weighted by Gasteiger charge is -2.08. The number of ether oxygens (including phenoxy) is 1. The summed E-state index contributed by atoms with van der Waals surface area (Å²) in [6, 6.07) is 9.93. The molecule has 0 aliphatic carbocycles. The number of halogens is 1. The van der Waals surface area contributed by atoms with Gasteiger partial charge in [0.2, 0.25) is 0 Å². The summed E-state index contributed by atoms with van der Waals surface area (Å²) in [5.74, 6) is -0.355. The number of hydrogen-bond acceptors (Lipinski definition) is 4. The number of nitrogens with zero attached hydrogens (tertiary/aromatic N) is 2. The maximum atomic E-state index is 12.1. The van der Waals surface area contributed by atoms with Crippen LogP contribution in [0.25, 0.3) is 0 Å². The van der Waals surface area contributed by atoms with Crippen molar-refractivity contribution in [2.75, 3.05) is 13.7 Å². The minimum atomic E-state index is -0.355. The van der Waals surface area contributed by atoms with Crippen molar-refractivity contribution in [1.82, 2.24) is 15.1 Å². The van der Waals surface area contributed by atoms with Crippen LogP contribution in [0.2, 0.25) is 5.02 Å². The van der Waals surface area contributed by atoms with Crippen LogP contribution in [-0.4, -0.2) is 29.4 Å². The second-order valence-electron chi connectivity index (χ2n) is 4.59. The van der Waals surface area contributed by atoms with Crippen LogP contribution < -0.4 is 10.9 Å². The van der Waals surface area contributed by atoms with E-state index >= 15 is 0 Å².